The normalized spacial score (nSPS) is 33.6. The number of nitrogens with zero attached hydrogens (tertiary/aromatic N) is 3. The first-order valence-corrected chi connectivity index (χ1v) is 5.51. The first-order chi connectivity index (χ1) is 7.24. The summed E-state index contributed by atoms with van der Waals surface area (Å²) in [6.07, 6.45) is 3.70. The largest absolute Gasteiger partial charge is 0.344 e. The van der Waals surface area contributed by atoms with E-state index in [9.17, 15) is 0 Å². The Kier molecular flexibility index (Phi) is 1.95. The molecule has 2 aliphatic heterocycles. The summed E-state index contributed by atoms with van der Waals surface area (Å²) in [7, 11) is 3.85. The molecule has 3 rings (SSSR count). The molecule has 5 nitrogen and oxygen atoms in total. The number of nitrogens with one attached hydrogen (secondary N) is 1. The van der Waals surface area contributed by atoms with Gasteiger partial charge in [-0.1, -0.05) is 0 Å². The molecule has 1 aromatic heterocycles. The minimum absolute atomic E-state index is 0.435. The van der Waals surface area contributed by atoms with E-state index in [0.29, 0.717) is 23.9 Å². The van der Waals surface area contributed by atoms with Crippen molar-refractivity contribution in [1.29, 1.82) is 0 Å². The van der Waals surface area contributed by atoms with Gasteiger partial charge in [0.05, 0.1) is 5.92 Å². The lowest BCUT2D eigenvalue weighted by Gasteiger charge is -2.15. The van der Waals surface area contributed by atoms with E-state index in [2.05, 4.69) is 15.5 Å². The van der Waals surface area contributed by atoms with Gasteiger partial charge in [0.1, 0.15) is 0 Å². The van der Waals surface area contributed by atoms with Crippen LogP contribution in [0.15, 0.2) is 4.52 Å². The molecular weight excluding hydrogens is 192 g/mol. The van der Waals surface area contributed by atoms with Crippen LogP contribution in [-0.4, -0.2) is 36.3 Å². The summed E-state index contributed by atoms with van der Waals surface area (Å²) in [5.74, 6) is 1.91. The van der Waals surface area contributed by atoms with E-state index in [-0.39, 0.29) is 0 Å². The van der Waals surface area contributed by atoms with Crippen molar-refractivity contribution >= 4 is 5.95 Å². The van der Waals surface area contributed by atoms with E-state index < -0.39 is 0 Å². The van der Waals surface area contributed by atoms with Gasteiger partial charge < -0.3 is 14.7 Å². The summed E-state index contributed by atoms with van der Waals surface area (Å²) in [6.45, 7) is 0. The van der Waals surface area contributed by atoms with E-state index in [1.54, 1.807) is 0 Å². The molecule has 3 unspecified atom stereocenters. The Balaban J connectivity index is 1.81. The van der Waals surface area contributed by atoms with Crippen LogP contribution in [0.4, 0.5) is 5.95 Å². The van der Waals surface area contributed by atoms with Gasteiger partial charge in [0.2, 0.25) is 5.89 Å². The number of rotatable bonds is 2. The van der Waals surface area contributed by atoms with E-state index in [0.717, 1.165) is 12.3 Å². The topological polar surface area (TPSA) is 54.2 Å². The standard InChI is InChI=1S/C10H16N4O/c1-14(2)10-12-9(15-13-10)7-5-6-3-4-8(7)11-6/h6-8,11H,3-5H2,1-2H3. The predicted molar refractivity (Wildman–Crippen MR) is 55.9 cm³/mol. The molecular formula is C10H16N4O. The van der Waals surface area contributed by atoms with Crippen LogP contribution in [-0.2, 0) is 0 Å². The number of anilines is 1. The highest BCUT2D eigenvalue weighted by atomic mass is 16.5. The molecule has 3 atom stereocenters. The van der Waals surface area contributed by atoms with Crippen molar-refractivity contribution in [3.8, 4) is 0 Å². The Hall–Kier alpha value is -1.10. The Morgan fingerprint density at radius 3 is 2.80 bits per heavy atom. The molecule has 2 saturated heterocycles. The Morgan fingerprint density at radius 1 is 1.40 bits per heavy atom. The molecule has 2 bridgehead atoms. The molecule has 15 heavy (non-hydrogen) atoms. The van der Waals surface area contributed by atoms with Gasteiger partial charge in [-0.05, 0) is 24.4 Å². The predicted octanol–water partition coefficient (Wildman–Crippen LogP) is 0.743. The van der Waals surface area contributed by atoms with Crippen LogP contribution in [0.1, 0.15) is 31.1 Å². The summed E-state index contributed by atoms with van der Waals surface area (Å²) >= 11 is 0. The van der Waals surface area contributed by atoms with Crippen molar-refractivity contribution in [3.05, 3.63) is 5.89 Å². The highest BCUT2D eigenvalue weighted by molar-refractivity contribution is 5.25. The van der Waals surface area contributed by atoms with E-state index >= 15 is 0 Å². The van der Waals surface area contributed by atoms with Gasteiger partial charge in [0.15, 0.2) is 0 Å². The van der Waals surface area contributed by atoms with Crippen LogP contribution in [0.2, 0.25) is 0 Å². The zero-order valence-corrected chi connectivity index (χ0v) is 9.10. The van der Waals surface area contributed by atoms with E-state index in [1.165, 1.54) is 12.8 Å². The molecule has 82 valence electrons. The van der Waals surface area contributed by atoms with Crippen molar-refractivity contribution in [3.63, 3.8) is 0 Å². The number of hydrogen-bond donors (Lipinski definition) is 1. The van der Waals surface area contributed by atoms with Gasteiger partial charge in [-0.3, -0.25) is 0 Å². The third-order valence-electron chi connectivity index (χ3n) is 3.45. The summed E-state index contributed by atoms with van der Waals surface area (Å²) < 4.78 is 5.32. The van der Waals surface area contributed by atoms with Crippen LogP contribution >= 0.6 is 0 Å². The van der Waals surface area contributed by atoms with Crippen molar-refractivity contribution in [2.45, 2.75) is 37.3 Å². The summed E-state index contributed by atoms with van der Waals surface area (Å²) in [5.41, 5.74) is 0. The average molecular weight is 208 g/mol. The maximum Gasteiger partial charge on any atom is 0.265 e. The molecule has 0 saturated carbocycles. The van der Waals surface area contributed by atoms with Crippen molar-refractivity contribution in [2.24, 2.45) is 0 Å². The van der Waals surface area contributed by atoms with Gasteiger partial charge in [-0.2, -0.15) is 4.98 Å². The highest BCUT2D eigenvalue weighted by Crippen LogP contribution is 2.39. The second-order valence-corrected chi connectivity index (χ2v) is 4.72. The quantitative estimate of drug-likeness (QED) is 0.777. The number of aromatic nitrogens is 2. The molecule has 2 fully saturated rings. The second kappa shape index (κ2) is 3.20. The minimum Gasteiger partial charge on any atom is -0.344 e. The lowest BCUT2D eigenvalue weighted by atomic mass is 9.89. The van der Waals surface area contributed by atoms with Crippen molar-refractivity contribution < 1.29 is 4.52 Å². The first kappa shape index (κ1) is 9.15. The molecule has 1 N–H and O–H groups in total. The maximum absolute atomic E-state index is 5.32. The Labute approximate surface area is 88.8 Å². The summed E-state index contributed by atoms with van der Waals surface area (Å²) in [5, 5.41) is 7.53. The molecule has 0 amide bonds. The third kappa shape index (κ3) is 1.42. The zero-order chi connectivity index (χ0) is 10.4. The third-order valence-corrected chi connectivity index (χ3v) is 3.45. The SMILES string of the molecule is CN(C)c1noc(C2CC3CCC2N3)n1. The fourth-order valence-corrected chi connectivity index (χ4v) is 2.66. The molecule has 0 aliphatic carbocycles. The maximum atomic E-state index is 5.32. The van der Waals surface area contributed by atoms with Crippen LogP contribution in [0.5, 0.6) is 0 Å². The van der Waals surface area contributed by atoms with Crippen LogP contribution in [0, 0.1) is 0 Å². The lowest BCUT2D eigenvalue weighted by Crippen LogP contribution is -2.21. The van der Waals surface area contributed by atoms with Crippen LogP contribution in [0.25, 0.3) is 0 Å². The molecule has 1 aromatic rings. The Morgan fingerprint density at radius 2 is 2.27 bits per heavy atom. The van der Waals surface area contributed by atoms with Gasteiger partial charge in [-0.15, -0.1) is 0 Å². The van der Waals surface area contributed by atoms with E-state index in [4.69, 9.17) is 4.52 Å². The zero-order valence-electron chi connectivity index (χ0n) is 9.10. The average Bonchev–Trinajstić information content (AvgIpc) is 2.93. The fraction of sp³-hybridized carbons (Fsp3) is 0.800. The van der Waals surface area contributed by atoms with Gasteiger partial charge in [-0.25, -0.2) is 0 Å². The van der Waals surface area contributed by atoms with Gasteiger partial charge in [0, 0.05) is 26.2 Å². The van der Waals surface area contributed by atoms with Crippen LogP contribution < -0.4 is 10.2 Å². The summed E-state index contributed by atoms with van der Waals surface area (Å²) in [4.78, 5) is 6.29. The smallest absolute Gasteiger partial charge is 0.265 e. The molecule has 0 spiro atoms. The fourth-order valence-electron chi connectivity index (χ4n) is 2.66. The van der Waals surface area contributed by atoms with Gasteiger partial charge in [0.25, 0.3) is 5.95 Å². The first-order valence-electron chi connectivity index (χ1n) is 5.51. The molecule has 5 heteroatoms. The molecule has 3 heterocycles. The van der Waals surface area contributed by atoms with Crippen molar-refractivity contribution in [1.82, 2.24) is 15.5 Å². The highest BCUT2D eigenvalue weighted by Gasteiger charge is 2.42. The molecule has 2 aliphatic rings. The van der Waals surface area contributed by atoms with Gasteiger partial charge >= 0.3 is 0 Å². The second-order valence-electron chi connectivity index (χ2n) is 4.72. The van der Waals surface area contributed by atoms with E-state index in [1.807, 2.05) is 19.0 Å². The lowest BCUT2D eigenvalue weighted by molar-refractivity contribution is 0.329. The van der Waals surface area contributed by atoms with Crippen molar-refractivity contribution in [2.75, 3.05) is 19.0 Å². The number of fused-ring (bicyclic) bond motifs is 2. The summed E-state index contributed by atoms with van der Waals surface area (Å²) in [6, 6.07) is 1.24. The monoisotopic (exact) mass is 208 g/mol. The Bertz CT molecular complexity index is 362. The van der Waals surface area contributed by atoms with Crippen LogP contribution in [0.3, 0.4) is 0 Å². The minimum atomic E-state index is 0.435. The molecule has 0 aromatic carbocycles. The number of hydrogen-bond acceptors (Lipinski definition) is 5. The molecule has 0 radical (unpaired) electrons.